The van der Waals surface area contributed by atoms with E-state index in [0.29, 0.717) is 0 Å². The highest BCUT2D eigenvalue weighted by molar-refractivity contribution is 8.00. The predicted octanol–water partition coefficient (Wildman–Crippen LogP) is 21.4. The van der Waals surface area contributed by atoms with Crippen LogP contribution in [0.2, 0.25) is 0 Å². The van der Waals surface area contributed by atoms with Crippen molar-refractivity contribution in [3.8, 4) is 68.3 Å². The molecule has 0 aromatic carbocycles. The number of rotatable bonds is 23. The van der Waals surface area contributed by atoms with Crippen molar-refractivity contribution >= 4 is 138 Å². The van der Waals surface area contributed by atoms with E-state index in [1.54, 1.807) is 0 Å². The van der Waals surface area contributed by atoms with E-state index in [1.807, 2.05) is 114 Å². The Morgan fingerprint density at radius 2 is 0.617 bits per heavy atom. The topological polar surface area (TPSA) is 0 Å². The van der Waals surface area contributed by atoms with Gasteiger partial charge in [0.05, 0.1) is 19.5 Å². The van der Waals surface area contributed by atoms with Crippen LogP contribution in [0, 0.1) is 0 Å². The molecular formula is C48H50S12. The van der Waals surface area contributed by atoms with Gasteiger partial charge in [-0.1, -0.05) is 53.4 Å². The van der Waals surface area contributed by atoms with Crippen molar-refractivity contribution in [1.29, 1.82) is 0 Å². The molecule has 8 aromatic rings. The third-order valence-electron chi connectivity index (χ3n) is 9.72. The van der Waals surface area contributed by atoms with E-state index in [4.69, 9.17) is 0 Å². The van der Waals surface area contributed by atoms with Gasteiger partial charge in [0.2, 0.25) is 0 Å². The molecule has 0 spiro atoms. The number of hydrogen-bond donors (Lipinski definition) is 0. The van der Waals surface area contributed by atoms with Crippen LogP contribution in [0.5, 0.6) is 0 Å². The van der Waals surface area contributed by atoms with Crippen molar-refractivity contribution in [2.45, 2.75) is 98.6 Å². The van der Waals surface area contributed by atoms with Crippen LogP contribution in [-0.4, -0.2) is 23.0 Å². The van der Waals surface area contributed by atoms with Crippen LogP contribution in [0.4, 0.5) is 0 Å². The second-order valence-electron chi connectivity index (χ2n) is 14.3. The quantitative estimate of drug-likeness (QED) is 0.0462. The molecule has 0 saturated carbocycles. The lowest BCUT2D eigenvalue weighted by atomic mass is 10.3. The lowest BCUT2D eigenvalue weighted by Crippen LogP contribution is -1.78. The Labute approximate surface area is 406 Å². The van der Waals surface area contributed by atoms with Crippen molar-refractivity contribution < 1.29 is 0 Å². The molecule has 0 saturated heterocycles. The van der Waals surface area contributed by atoms with Gasteiger partial charge in [-0.15, -0.1) is 138 Å². The number of unbranched alkanes of at least 4 members (excludes halogenated alkanes) is 4. The number of hydrogen-bond acceptors (Lipinski definition) is 12. The standard InChI is InChI=1S/C48H50S12/c1-5-9-23-49-35-21-27-53-45(35)37-17-13-31(55-37)33-15-19-39(57-33)47-43(51-25-11-7-3)29-41(59-47)42-30-44(52-26-12-8-4)48(60-42)40-20-16-34(58-40)32-14-18-38(56-32)46-36(22-28-54-46)50-24-10-6-2/h13-22,27-30H,5-12,23-26H2,1-4H3. The van der Waals surface area contributed by atoms with Crippen molar-refractivity contribution in [2.75, 3.05) is 23.0 Å². The minimum absolute atomic E-state index is 1.16. The Hall–Kier alpha value is -1.000. The Balaban J connectivity index is 1.06. The smallest absolute Gasteiger partial charge is 0.0585 e. The molecule has 0 radical (unpaired) electrons. The third kappa shape index (κ3) is 11.1. The molecule has 0 aliphatic rings. The third-order valence-corrected chi connectivity index (χ3v) is 24.5. The van der Waals surface area contributed by atoms with Crippen LogP contribution < -0.4 is 0 Å². The number of thiophene rings is 8. The fourth-order valence-electron chi connectivity index (χ4n) is 6.41. The van der Waals surface area contributed by atoms with E-state index in [0.717, 1.165) is 11.5 Å². The van der Waals surface area contributed by atoms with Crippen LogP contribution in [0.3, 0.4) is 0 Å². The first-order valence-electron chi connectivity index (χ1n) is 20.9. The Morgan fingerprint density at radius 1 is 0.317 bits per heavy atom. The van der Waals surface area contributed by atoms with Gasteiger partial charge in [-0.05, 0) is 132 Å². The molecule has 0 aliphatic heterocycles. The second-order valence-corrected chi connectivity index (χ2v) is 27.1. The fraction of sp³-hybridized carbons (Fsp3) is 0.333. The maximum atomic E-state index is 2.51. The zero-order valence-corrected chi connectivity index (χ0v) is 44.3. The molecule has 60 heavy (non-hydrogen) atoms. The summed E-state index contributed by atoms with van der Waals surface area (Å²) in [5.41, 5.74) is 0. The van der Waals surface area contributed by atoms with Gasteiger partial charge in [0, 0.05) is 68.4 Å². The van der Waals surface area contributed by atoms with Crippen molar-refractivity contribution in [2.24, 2.45) is 0 Å². The summed E-state index contributed by atoms with van der Waals surface area (Å²) in [6.07, 6.45) is 9.96. The zero-order valence-electron chi connectivity index (χ0n) is 34.5. The van der Waals surface area contributed by atoms with Crippen LogP contribution >= 0.6 is 138 Å². The average Bonchev–Trinajstić information content (AvgIpc) is 4.10. The first-order chi connectivity index (χ1) is 29.6. The van der Waals surface area contributed by atoms with Gasteiger partial charge in [0.15, 0.2) is 0 Å². The SMILES string of the molecule is CCCCSc1ccsc1-c1ccc(-c2ccc(-c3sc(-c4cc(SCCCC)c(-c5ccc(-c6ccc(-c7sccc7SCCCC)s6)s5)s4)cc3SCCCC)s2)s1. The highest BCUT2D eigenvalue weighted by Gasteiger charge is 2.22. The minimum Gasteiger partial charge on any atom is -0.142 e. The minimum atomic E-state index is 1.16. The summed E-state index contributed by atoms with van der Waals surface area (Å²) in [6.45, 7) is 9.16. The molecule has 0 atom stereocenters. The Morgan fingerprint density at radius 3 is 0.950 bits per heavy atom. The molecule has 314 valence electrons. The Bertz CT molecular complexity index is 2360. The summed E-state index contributed by atoms with van der Waals surface area (Å²) in [7, 11) is 0. The predicted molar refractivity (Wildman–Crippen MR) is 290 cm³/mol. The maximum absolute atomic E-state index is 2.51. The lowest BCUT2D eigenvalue weighted by molar-refractivity contribution is 0.896. The van der Waals surface area contributed by atoms with Gasteiger partial charge in [-0.25, -0.2) is 0 Å². The summed E-state index contributed by atoms with van der Waals surface area (Å²) < 4.78 is 0. The van der Waals surface area contributed by atoms with Crippen LogP contribution in [0.15, 0.2) is 103 Å². The molecule has 0 bridgehead atoms. The molecule has 0 N–H and O–H groups in total. The summed E-state index contributed by atoms with van der Waals surface area (Å²) in [5, 5.41) is 4.52. The number of thioether (sulfide) groups is 4. The molecule has 8 aromatic heterocycles. The van der Waals surface area contributed by atoms with Gasteiger partial charge in [0.25, 0.3) is 0 Å². The molecule has 0 aliphatic carbocycles. The summed E-state index contributed by atoms with van der Waals surface area (Å²) in [6, 6.07) is 28.5. The first-order valence-corrected chi connectivity index (χ1v) is 31.5. The van der Waals surface area contributed by atoms with Crippen LogP contribution in [0.1, 0.15) is 79.1 Å². The monoisotopic (exact) mass is 1010 g/mol. The summed E-state index contributed by atoms with van der Waals surface area (Å²) in [4.78, 5) is 25.4. The van der Waals surface area contributed by atoms with E-state index >= 15 is 0 Å². The Kier molecular flexibility index (Phi) is 17.3. The van der Waals surface area contributed by atoms with Crippen LogP contribution in [0.25, 0.3) is 68.3 Å². The van der Waals surface area contributed by atoms with Gasteiger partial charge < -0.3 is 0 Å². The molecule has 8 rings (SSSR count). The van der Waals surface area contributed by atoms with Crippen LogP contribution in [-0.2, 0) is 0 Å². The van der Waals surface area contributed by atoms with Gasteiger partial charge in [-0.3, -0.25) is 0 Å². The maximum Gasteiger partial charge on any atom is 0.0585 e. The molecule has 0 fully saturated rings. The molecule has 0 unspecified atom stereocenters. The molecule has 0 amide bonds. The zero-order chi connectivity index (χ0) is 41.3. The van der Waals surface area contributed by atoms with Crippen molar-refractivity contribution in [1.82, 2.24) is 0 Å². The largest absolute Gasteiger partial charge is 0.142 e. The van der Waals surface area contributed by atoms with Gasteiger partial charge >= 0.3 is 0 Å². The fourth-order valence-corrected chi connectivity index (χ4v) is 21.0. The van der Waals surface area contributed by atoms with E-state index in [9.17, 15) is 0 Å². The van der Waals surface area contributed by atoms with Gasteiger partial charge in [-0.2, -0.15) is 0 Å². The lowest BCUT2D eigenvalue weighted by Gasteiger charge is -2.01. The average molecular weight is 1010 g/mol. The first kappa shape index (κ1) is 45.6. The highest BCUT2D eigenvalue weighted by atomic mass is 32.2. The van der Waals surface area contributed by atoms with E-state index in [2.05, 4.69) is 135 Å². The van der Waals surface area contributed by atoms with Gasteiger partial charge in [0.1, 0.15) is 0 Å². The second kappa shape index (κ2) is 22.8. The summed E-state index contributed by atoms with van der Waals surface area (Å²) in [5.74, 6) is 4.71. The molecular weight excluding hydrogens is 961 g/mol. The molecule has 8 heterocycles. The normalized spacial score (nSPS) is 11.7. The van der Waals surface area contributed by atoms with E-state index < -0.39 is 0 Å². The molecule has 12 heteroatoms. The van der Waals surface area contributed by atoms with Crippen molar-refractivity contribution in [3.05, 3.63) is 83.6 Å². The van der Waals surface area contributed by atoms with E-state index in [-0.39, 0.29) is 0 Å². The highest BCUT2D eigenvalue weighted by Crippen LogP contribution is 2.53. The molecule has 0 nitrogen and oxygen atoms in total. The summed E-state index contributed by atoms with van der Waals surface area (Å²) >= 11 is 23.7. The van der Waals surface area contributed by atoms with Crippen molar-refractivity contribution in [3.63, 3.8) is 0 Å². The van der Waals surface area contributed by atoms with E-state index in [1.165, 1.54) is 151 Å².